The lowest BCUT2D eigenvalue weighted by Crippen LogP contribution is -2.37. The third kappa shape index (κ3) is 9.47. The summed E-state index contributed by atoms with van der Waals surface area (Å²) in [5.41, 5.74) is 4.46. The largest absolute Gasteiger partial charge is 0.478 e. The van der Waals surface area contributed by atoms with Crippen molar-refractivity contribution in [2.75, 3.05) is 11.9 Å². The van der Waals surface area contributed by atoms with Gasteiger partial charge in [-0.2, -0.15) is 5.10 Å². The smallest absolute Gasteiger partial charge is 0.407 e. The molecule has 5 rings (SSSR count). The topological polar surface area (TPSA) is 150 Å². The summed E-state index contributed by atoms with van der Waals surface area (Å²) in [6.45, 7) is 7.85. The molecule has 0 radical (unpaired) electrons. The van der Waals surface area contributed by atoms with E-state index in [4.69, 9.17) is 16.3 Å². The SMILES string of the molecule is Cc1cc(C(=O)O)ccc1-c1ccc(CC(CC(=O)C2CCC(CNC(=O)OC(C)(C)C)CC2)C(=O)Nc2ccc3c(Cl)[nH]nc3c2)cc1. The Hall–Kier alpha value is -4.70. The molecule has 2 amide bonds. The van der Waals surface area contributed by atoms with Gasteiger partial charge in [-0.3, -0.25) is 14.7 Å². The number of ketones is 1. The number of carboxylic acid groups (broad SMARTS) is 1. The number of aromatic carboxylic acids is 1. The standard InChI is InChI=1S/C38H43ClN4O6/c1-22-17-27(36(46)47)13-15-30(22)25-9-5-23(6-10-25)18-28(35(45)41-29-14-16-31-32(20-29)42-43-34(31)39)19-33(44)26-11-7-24(8-12-26)21-40-37(48)49-38(2,3)4/h5-6,9-10,13-17,20,24,26,28H,7-8,11-12,18-19,21H2,1-4H3,(H,40,48)(H,41,45)(H,42,43)(H,46,47). The summed E-state index contributed by atoms with van der Waals surface area (Å²) < 4.78 is 5.34. The van der Waals surface area contributed by atoms with E-state index >= 15 is 0 Å². The summed E-state index contributed by atoms with van der Waals surface area (Å²) >= 11 is 6.15. The lowest BCUT2D eigenvalue weighted by atomic mass is 9.77. The molecule has 0 bridgehead atoms. The minimum absolute atomic E-state index is 0.0685. The zero-order valence-corrected chi connectivity index (χ0v) is 29.0. The first-order valence-corrected chi connectivity index (χ1v) is 17.0. The molecule has 1 fully saturated rings. The molecular weight excluding hydrogens is 644 g/mol. The fourth-order valence-electron chi connectivity index (χ4n) is 6.42. The highest BCUT2D eigenvalue weighted by Gasteiger charge is 2.31. The van der Waals surface area contributed by atoms with Crippen molar-refractivity contribution in [2.24, 2.45) is 17.8 Å². The van der Waals surface area contributed by atoms with Crippen molar-refractivity contribution in [3.63, 3.8) is 0 Å². The van der Waals surface area contributed by atoms with Crippen LogP contribution in [0.4, 0.5) is 10.5 Å². The molecule has 1 heterocycles. The number of ether oxygens (including phenoxy) is 1. The molecule has 1 aliphatic rings. The monoisotopic (exact) mass is 686 g/mol. The van der Waals surface area contributed by atoms with Gasteiger partial charge < -0.3 is 20.5 Å². The molecule has 258 valence electrons. The van der Waals surface area contributed by atoms with Crippen molar-refractivity contribution >= 4 is 51.9 Å². The average molecular weight is 687 g/mol. The van der Waals surface area contributed by atoms with Gasteiger partial charge in [0.2, 0.25) is 5.91 Å². The maximum Gasteiger partial charge on any atom is 0.407 e. The molecule has 3 aromatic carbocycles. The normalized spacial score (nSPS) is 16.9. The molecule has 1 saturated carbocycles. The fraction of sp³-hybridized carbons (Fsp3) is 0.395. The molecule has 4 aromatic rings. The molecule has 0 saturated heterocycles. The first-order chi connectivity index (χ1) is 23.3. The van der Waals surface area contributed by atoms with Crippen LogP contribution < -0.4 is 10.6 Å². The summed E-state index contributed by atoms with van der Waals surface area (Å²) in [6.07, 6.45) is 3.06. The predicted molar refractivity (Wildman–Crippen MR) is 190 cm³/mol. The molecule has 1 aromatic heterocycles. The average Bonchev–Trinajstić information content (AvgIpc) is 3.42. The number of halogens is 1. The van der Waals surface area contributed by atoms with Crippen LogP contribution in [0.2, 0.25) is 5.15 Å². The summed E-state index contributed by atoms with van der Waals surface area (Å²) in [6, 6.07) is 18.1. The number of nitrogens with zero attached hydrogens (tertiary/aromatic N) is 1. The number of carboxylic acids is 1. The van der Waals surface area contributed by atoms with Crippen molar-refractivity contribution in [3.8, 4) is 11.1 Å². The van der Waals surface area contributed by atoms with Gasteiger partial charge in [0, 0.05) is 35.9 Å². The highest BCUT2D eigenvalue weighted by Crippen LogP contribution is 2.32. The number of rotatable bonds is 11. The number of anilines is 1. The number of aromatic nitrogens is 2. The second-order valence-electron chi connectivity index (χ2n) is 14.0. The molecule has 0 aliphatic heterocycles. The molecular formula is C38H43ClN4O6. The number of carbonyl (C=O) groups excluding carboxylic acids is 3. The van der Waals surface area contributed by atoms with Crippen LogP contribution in [0.25, 0.3) is 22.0 Å². The zero-order chi connectivity index (χ0) is 35.3. The van der Waals surface area contributed by atoms with Crippen LogP contribution in [-0.2, 0) is 20.7 Å². The minimum atomic E-state index is -0.972. The summed E-state index contributed by atoms with van der Waals surface area (Å²) in [7, 11) is 0. The molecule has 11 heteroatoms. The van der Waals surface area contributed by atoms with Crippen molar-refractivity contribution < 1.29 is 29.0 Å². The van der Waals surface area contributed by atoms with E-state index in [2.05, 4.69) is 20.8 Å². The number of amides is 2. The Morgan fingerprint density at radius 2 is 1.71 bits per heavy atom. The van der Waals surface area contributed by atoms with Crippen LogP contribution >= 0.6 is 11.6 Å². The van der Waals surface area contributed by atoms with Gasteiger partial charge in [-0.15, -0.1) is 0 Å². The fourth-order valence-corrected chi connectivity index (χ4v) is 6.63. The van der Waals surface area contributed by atoms with Crippen LogP contribution in [0.15, 0.2) is 60.7 Å². The molecule has 4 N–H and O–H groups in total. The van der Waals surface area contributed by atoms with Gasteiger partial charge in [0.1, 0.15) is 16.5 Å². The number of Topliss-reactive ketones (excluding diaryl/α,β-unsaturated/α-hetero) is 1. The Labute approximate surface area is 291 Å². The van der Waals surface area contributed by atoms with E-state index in [0.29, 0.717) is 42.2 Å². The number of hydrogen-bond donors (Lipinski definition) is 4. The lowest BCUT2D eigenvalue weighted by molar-refractivity contribution is -0.129. The van der Waals surface area contributed by atoms with Crippen LogP contribution in [0.5, 0.6) is 0 Å². The summed E-state index contributed by atoms with van der Waals surface area (Å²) in [5.74, 6) is -1.65. The zero-order valence-electron chi connectivity index (χ0n) is 28.3. The Morgan fingerprint density at radius 3 is 2.37 bits per heavy atom. The van der Waals surface area contributed by atoms with Crippen molar-refractivity contribution in [3.05, 3.63) is 82.5 Å². The van der Waals surface area contributed by atoms with Gasteiger partial charge >= 0.3 is 12.1 Å². The third-order valence-electron chi connectivity index (χ3n) is 9.05. The summed E-state index contributed by atoms with van der Waals surface area (Å²) in [4.78, 5) is 50.9. The molecule has 1 aliphatic carbocycles. The second-order valence-corrected chi connectivity index (χ2v) is 14.3. The van der Waals surface area contributed by atoms with Gasteiger partial charge in [0.05, 0.1) is 11.1 Å². The Bertz CT molecular complexity index is 1840. The highest BCUT2D eigenvalue weighted by atomic mass is 35.5. The second kappa shape index (κ2) is 15.2. The first-order valence-electron chi connectivity index (χ1n) is 16.6. The van der Waals surface area contributed by atoms with Gasteiger partial charge in [0.25, 0.3) is 0 Å². The number of nitrogens with one attached hydrogen (secondary N) is 3. The molecule has 1 atom stereocenters. The maximum atomic E-state index is 13.8. The summed E-state index contributed by atoms with van der Waals surface area (Å²) in [5, 5.41) is 23.2. The molecule has 1 unspecified atom stereocenters. The quantitative estimate of drug-likeness (QED) is 0.125. The van der Waals surface area contributed by atoms with Crippen LogP contribution in [-0.4, -0.2) is 51.2 Å². The number of alkyl carbamates (subject to hydrolysis) is 1. The highest BCUT2D eigenvalue weighted by molar-refractivity contribution is 6.34. The number of fused-ring (bicyclic) bond motifs is 1. The van der Waals surface area contributed by atoms with E-state index in [0.717, 1.165) is 40.5 Å². The number of aromatic amines is 1. The Morgan fingerprint density at radius 1 is 1.00 bits per heavy atom. The minimum Gasteiger partial charge on any atom is -0.478 e. The molecule has 10 nitrogen and oxygen atoms in total. The van der Waals surface area contributed by atoms with Gasteiger partial charge in [-0.05, 0) is 118 Å². The van der Waals surface area contributed by atoms with E-state index in [1.165, 1.54) is 0 Å². The Balaban J connectivity index is 1.26. The van der Waals surface area contributed by atoms with Gasteiger partial charge in [-0.1, -0.05) is 41.9 Å². The van der Waals surface area contributed by atoms with E-state index in [-0.39, 0.29) is 35.5 Å². The van der Waals surface area contributed by atoms with E-state index < -0.39 is 23.6 Å². The number of aryl methyl sites for hydroxylation is 1. The van der Waals surface area contributed by atoms with Crippen LogP contribution in [0, 0.1) is 24.7 Å². The number of hydrogen-bond acceptors (Lipinski definition) is 6. The molecule has 49 heavy (non-hydrogen) atoms. The third-order valence-corrected chi connectivity index (χ3v) is 9.34. The maximum absolute atomic E-state index is 13.8. The number of H-pyrrole nitrogens is 1. The van der Waals surface area contributed by atoms with Crippen LogP contribution in [0.1, 0.15) is 74.4 Å². The van der Waals surface area contributed by atoms with E-state index in [9.17, 15) is 24.3 Å². The van der Waals surface area contributed by atoms with E-state index in [1.54, 1.807) is 36.4 Å². The Kier molecular flexibility index (Phi) is 11.1. The predicted octanol–water partition coefficient (Wildman–Crippen LogP) is 7.98. The van der Waals surface area contributed by atoms with E-state index in [1.807, 2.05) is 52.0 Å². The first kappa shape index (κ1) is 35.6. The lowest BCUT2D eigenvalue weighted by Gasteiger charge is -2.29. The van der Waals surface area contributed by atoms with Crippen molar-refractivity contribution in [2.45, 2.75) is 71.8 Å². The van der Waals surface area contributed by atoms with Crippen molar-refractivity contribution in [1.29, 1.82) is 0 Å². The van der Waals surface area contributed by atoms with Gasteiger partial charge in [-0.25, -0.2) is 9.59 Å². The molecule has 0 spiro atoms. The number of carbonyl (C=O) groups is 4. The number of benzene rings is 3. The van der Waals surface area contributed by atoms with Gasteiger partial charge in [0.15, 0.2) is 0 Å². The van der Waals surface area contributed by atoms with Crippen LogP contribution in [0.3, 0.4) is 0 Å². The van der Waals surface area contributed by atoms with Crippen molar-refractivity contribution in [1.82, 2.24) is 15.5 Å².